The maximum Gasteiger partial charge on any atom is 0.223 e. The van der Waals surface area contributed by atoms with Crippen molar-refractivity contribution in [3.63, 3.8) is 0 Å². The van der Waals surface area contributed by atoms with Gasteiger partial charge < -0.3 is 15.8 Å². The van der Waals surface area contributed by atoms with E-state index in [2.05, 4.69) is 26.1 Å². The molecule has 0 fully saturated rings. The van der Waals surface area contributed by atoms with Crippen LogP contribution in [0.4, 0.5) is 0 Å². The van der Waals surface area contributed by atoms with Crippen molar-refractivity contribution >= 4 is 5.91 Å². The van der Waals surface area contributed by atoms with E-state index in [0.29, 0.717) is 19.6 Å². The molecule has 0 bridgehead atoms. The molecule has 1 rings (SSSR count). The van der Waals surface area contributed by atoms with E-state index >= 15 is 0 Å². The fourth-order valence-corrected chi connectivity index (χ4v) is 1.93. The molecule has 0 saturated heterocycles. The summed E-state index contributed by atoms with van der Waals surface area (Å²) in [7, 11) is 0. The lowest BCUT2D eigenvalue weighted by atomic mass is 9.84. The third-order valence-electron chi connectivity index (χ3n) is 3.18. The molecule has 0 aliphatic rings. The van der Waals surface area contributed by atoms with Crippen LogP contribution in [0.1, 0.15) is 33.6 Å². The van der Waals surface area contributed by atoms with Gasteiger partial charge in [0.15, 0.2) is 0 Å². The Morgan fingerprint density at radius 2 is 1.95 bits per heavy atom. The molecule has 20 heavy (non-hydrogen) atoms. The van der Waals surface area contributed by atoms with E-state index in [0.717, 1.165) is 12.2 Å². The summed E-state index contributed by atoms with van der Waals surface area (Å²) in [4.78, 5) is 11.9. The molecule has 0 aromatic heterocycles. The van der Waals surface area contributed by atoms with E-state index in [4.69, 9.17) is 10.5 Å². The van der Waals surface area contributed by atoms with Crippen LogP contribution in [0.3, 0.4) is 0 Å². The van der Waals surface area contributed by atoms with Crippen LogP contribution in [-0.2, 0) is 4.79 Å². The summed E-state index contributed by atoms with van der Waals surface area (Å²) in [5, 5.41) is 3.05. The predicted octanol–water partition coefficient (Wildman–Crippen LogP) is 2.34. The number of carbonyl (C=O) groups excluding carboxylic acids is 1. The average molecular weight is 278 g/mol. The summed E-state index contributed by atoms with van der Waals surface area (Å²) in [6, 6.07) is 9.60. The van der Waals surface area contributed by atoms with E-state index < -0.39 is 0 Å². The van der Waals surface area contributed by atoms with Crippen LogP contribution >= 0.6 is 0 Å². The van der Waals surface area contributed by atoms with Crippen molar-refractivity contribution in [3.8, 4) is 5.75 Å². The van der Waals surface area contributed by atoms with Crippen molar-refractivity contribution in [2.75, 3.05) is 13.2 Å². The van der Waals surface area contributed by atoms with Crippen LogP contribution in [0.5, 0.6) is 5.75 Å². The van der Waals surface area contributed by atoms with E-state index in [9.17, 15) is 4.79 Å². The minimum absolute atomic E-state index is 0.00862. The smallest absolute Gasteiger partial charge is 0.223 e. The van der Waals surface area contributed by atoms with Crippen molar-refractivity contribution in [1.82, 2.24) is 5.32 Å². The van der Waals surface area contributed by atoms with Crippen LogP contribution in [0.15, 0.2) is 30.3 Å². The minimum Gasteiger partial charge on any atom is -0.493 e. The van der Waals surface area contributed by atoms with Gasteiger partial charge >= 0.3 is 0 Å². The van der Waals surface area contributed by atoms with Crippen molar-refractivity contribution in [2.45, 2.75) is 39.7 Å². The van der Waals surface area contributed by atoms with Gasteiger partial charge in [-0.15, -0.1) is 0 Å². The number of para-hydroxylation sites is 1. The number of amides is 1. The lowest BCUT2D eigenvalue weighted by Gasteiger charge is -2.31. The normalized spacial score (nSPS) is 12.8. The second-order valence-electron chi connectivity index (χ2n) is 5.97. The Morgan fingerprint density at radius 3 is 2.50 bits per heavy atom. The predicted molar refractivity (Wildman–Crippen MR) is 81.6 cm³/mol. The van der Waals surface area contributed by atoms with E-state index in [1.165, 1.54) is 0 Å². The first-order chi connectivity index (χ1) is 9.43. The molecular weight excluding hydrogens is 252 g/mol. The van der Waals surface area contributed by atoms with Gasteiger partial charge in [0.25, 0.3) is 0 Å². The summed E-state index contributed by atoms with van der Waals surface area (Å²) in [5.41, 5.74) is 5.61. The molecule has 1 aromatic rings. The lowest BCUT2D eigenvalue weighted by molar-refractivity contribution is -0.123. The molecule has 0 heterocycles. The first-order valence-corrected chi connectivity index (χ1v) is 7.11. The van der Waals surface area contributed by atoms with Gasteiger partial charge in [0, 0.05) is 6.04 Å². The molecular formula is C16H26N2O2. The number of carbonyl (C=O) groups is 1. The second kappa shape index (κ2) is 7.90. The molecule has 0 aliphatic carbocycles. The van der Waals surface area contributed by atoms with E-state index in [1.807, 2.05) is 30.3 Å². The molecule has 0 aliphatic heterocycles. The Hall–Kier alpha value is -1.55. The Bertz CT molecular complexity index is 399. The fourth-order valence-electron chi connectivity index (χ4n) is 1.93. The third kappa shape index (κ3) is 6.06. The number of benzene rings is 1. The summed E-state index contributed by atoms with van der Waals surface area (Å²) >= 11 is 0. The molecule has 0 radical (unpaired) electrons. The molecule has 1 unspecified atom stereocenters. The maximum absolute atomic E-state index is 11.9. The van der Waals surface area contributed by atoms with Gasteiger partial charge in [-0.3, -0.25) is 4.79 Å². The van der Waals surface area contributed by atoms with E-state index in [1.54, 1.807) is 0 Å². The van der Waals surface area contributed by atoms with Gasteiger partial charge in [0.1, 0.15) is 5.75 Å². The van der Waals surface area contributed by atoms with Gasteiger partial charge in [0.2, 0.25) is 5.91 Å². The molecule has 1 atom stereocenters. The molecule has 4 heteroatoms. The number of hydrogen-bond acceptors (Lipinski definition) is 3. The highest BCUT2D eigenvalue weighted by atomic mass is 16.5. The average Bonchev–Trinajstić information content (AvgIpc) is 2.38. The van der Waals surface area contributed by atoms with Gasteiger partial charge in [-0.2, -0.15) is 0 Å². The summed E-state index contributed by atoms with van der Waals surface area (Å²) in [6.07, 6.45) is 1.14. The van der Waals surface area contributed by atoms with Crippen molar-refractivity contribution in [2.24, 2.45) is 11.1 Å². The number of ether oxygens (including phenoxy) is 1. The minimum atomic E-state index is 0.00862. The van der Waals surface area contributed by atoms with Gasteiger partial charge in [-0.1, -0.05) is 39.0 Å². The maximum atomic E-state index is 11.9. The Labute approximate surface area is 121 Å². The van der Waals surface area contributed by atoms with Gasteiger partial charge in [-0.05, 0) is 30.5 Å². The highest BCUT2D eigenvalue weighted by Crippen LogP contribution is 2.21. The molecule has 1 amide bonds. The van der Waals surface area contributed by atoms with Crippen LogP contribution in [0, 0.1) is 5.41 Å². The molecule has 4 nitrogen and oxygen atoms in total. The zero-order chi connectivity index (χ0) is 15.0. The zero-order valence-electron chi connectivity index (χ0n) is 12.7. The molecule has 0 saturated carbocycles. The molecule has 0 spiro atoms. The second-order valence-corrected chi connectivity index (χ2v) is 5.97. The van der Waals surface area contributed by atoms with Crippen LogP contribution in [-0.4, -0.2) is 25.1 Å². The molecule has 3 N–H and O–H groups in total. The Kier molecular flexibility index (Phi) is 6.52. The van der Waals surface area contributed by atoms with Gasteiger partial charge in [0.05, 0.1) is 13.0 Å². The number of nitrogens with two attached hydrogens (primary N) is 1. The third-order valence-corrected chi connectivity index (χ3v) is 3.18. The number of hydrogen-bond donors (Lipinski definition) is 2. The first-order valence-electron chi connectivity index (χ1n) is 7.11. The van der Waals surface area contributed by atoms with Crippen molar-refractivity contribution in [3.05, 3.63) is 30.3 Å². The zero-order valence-corrected chi connectivity index (χ0v) is 12.7. The van der Waals surface area contributed by atoms with Crippen LogP contribution in [0.2, 0.25) is 0 Å². The summed E-state index contributed by atoms with van der Waals surface area (Å²) in [5.74, 6) is 0.795. The highest BCUT2D eigenvalue weighted by Gasteiger charge is 2.25. The lowest BCUT2D eigenvalue weighted by Crippen LogP contribution is -2.45. The largest absolute Gasteiger partial charge is 0.493 e. The van der Waals surface area contributed by atoms with Crippen molar-refractivity contribution < 1.29 is 9.53 Å². The quantitative estimate of drug-likeness (QED) is 0.804. The Balaban J connectivity index is 2.35. The van der Waals surface area contributed by atoms with Gasteiger partial charge in [-0.25, -0.2) is 0 Å². The van der Waals surface area contributed by atoms with Crippen LogP contribution in [0.25, 0.3) is 0 Å². The first kappa shape index (κ1) is 16.5. The highest BCUT2D eigenvalue weighted by molar-refractivity contribution is 5.76. The standard InChI is InChI=1S/C16H26N2O2/c1-16(2,3)14(9-11-17)18-15(19)10-12-20-13-7-5-4-6-8-13/h4-8,14H,9-12,17H2,1-3H3,(H,18,19). The van der Waals surface area contributed by atoms with E-state index in [-0.39, 0.29) is 17.4 Å². The topological polar surface area (TPSA) is 64.3 Å². The van der Waals surface area contributed by atoms with Crippen molar-refractivity contribution in [1.29, 1.82) is 0 Å². The number of rotatable bonds is 7. The molecule has 112 valence electrons. The number of nitrogens with one attached hydrogen (secondary N) is 1. The van der Waals surface area contributed by atoms with Crippen LogP contribution < -0.4 is 15.8 Å². The SMILES string of the molecule is CC(C)(C)C(CCN)NC(=O)CCOc1ccccc1. The summed E-state index contributed by atoms with van der Waals surface area (Å²) in [6.45, 7) is 7.27. The Morgan fingerprint density at radius 1 is 1.30 bits per heavy atom. The molecule has 1 aromatic carbocycles. The summed E-state index contributed by atoms with van der Waals surface area (Å²) < 4.78 is 5.52. The fraction of sp³-hybridized carbons (Fsp3) is 0.562. The monoisotopic (exact) mass is 278 g/mol.